The average Bonchev–Trinajstić information content (AvgIpc) is 3.27. The van der Waals surface area contributed by atoms with Crippen LogP contribution in [0, 0.1) is 6.92 Å². The number of rotatable bonds is 7. The fraction of sp³-hybridized carbons (Fsp3) is 0.409. The van der Waals surface area contributed by atoms with Gasteiger partial charge in [0.2, 0.25) is 5.78 Å². The first-order valence-corrected chi connectivity index (χ1v) is 10.9. The Balaban J connectivity index is 1.85. The van der Waals surface area contributed by atoms with Gasteiger partial charge in [-0.2, -0.15) is 4.98 Å². The smallest absolute Gasteiger partial charge is 0.313 e. The number of imidazole rings is 2. The predicted molar refractivity (Wildman–Crippen MR) is 123 cm³/mol. The van der Waals surface area contributed by atoms with Gasteiger partial charge < -0.3 is 9.47 Å². The van der Waals surface area contributed by atoms with Crippen molar-refractivity contribution in [2.45, 2.75) is 33.9 Å². The van der Waals surface area contributed by atoms with Gasteiger partial charge in [0.05, 0.1) is 6.54 Å². The summed E-state index contributed by atoms with van der Waals surface area (Å²) in [5, 5.41) is 0.610. The quantitative estimate of drug-likeness (QED) is 0.441. The number of aryl methyl sites for hydroxylation is 2. The van der Waals surface area contributed by atoms with Crippen molar-refractivity contribution in [3.8, 4) is 0 Å². The number of hydrogen-bond acceptors (Lipinski definition) is 4. The third kappa shape index (κ3) is 3.70. The number of halogens is 1. The first kappa shape index (κ1) is 21.4. The van der Waals surface area contributed by atoms with Crippen LogP contribution in [-0.4, -0.2) is 47.6 Å². The zero-order valence-corrected chi connectivity index (χ0v) is 19.1. The van der Waals surface area contributed by atoms with Gasteiger partial charge >= 0.3 is 5.69 Å². The van der Waals surface area contributed by atoms with Crippen molar-refractivity contribution in [2.24, 2.45) is 7.05 Å². The minimum atomic E-state index is -0.389. The van der Waals surface area contributed by atoms with Crippen LogP contribution in [0.4, 0.5) is 0 Å². The van der Waals surface area contributed by atoms with E-state index in [0.717, 1.165) is 37.4 Å². The minimum Gasteiger partial charge on any atom is -0.313 e. The Morgan fingerprint density at radius 1 is 1.06 bits per heavy atom. The van der Waals surface area contributed by atoms with Crippen molar-refractivity contribution in [3.63, 3.8) is 0 Å². The van der Waals surface area contributed by atoms with E-state index in [1.807, 2.05) is 29.7 Å². The average molecular weight is 443 g/mol. The molecule has 3 aromatic heterocycles. The van der Waals surface area contributed by atoms with Crippen LogP contribution < -0.4 is 11.2 Å². The van der Waals surface area contributed by atoms with Gasteiger partial charge in [0.1, 0.15) is 0 Å². The maximum atomic E-state index is 13.4. The second kappa shape index (κ2) is 8.36. The molecule has 0 aliphatic heterocycles. The molecule has 0 aliphatic carbocycles. The topological polar surface area (TPSA) is 69.5 Å². The number of likely N-dealkylation sites (N-methyl/N-ethyl adjacent to an activating group) is 1. The summed E-state index contributed by atoms with van der Waals surface area (Å²) in [6.07, 6.45) is 1.92. The molecule has 0 saturated heterocycles. The van der Waals surface area contributed by atoms with Gasteiger partial charge in [0, 0.05) is 37.1 Å². The standard InChI is InChI=1S/C22H27ClN6O2/c1-5-26(6-2)11-12-27-15(3)13-28-18-19(24-21(27)28)25(4)22(31)29(20(18)30)14-16-7-9-17(23)10-8-16/h7-10,13H,5-6,11-12,14H2,1-4H3. The van der Waals surface area contributed by atoms with Gasteiger partial charge in [-0.15, -0.1) is 0 Å². The summed E-state index contributed by atoms with van der Waals surface area (Å²) >= 11 is 5.96. The predicted octanol–water partition coefficient (Wildman–Crippen LogP) is 2.50. The van der Waals surface area contributed by atoms with Gasteiger partial charge in [0.15, 0.2) is 11.2 Å². The molecule has 0 bridgehead atoms. The first-order chi connectivity index (χ1) is 14.8. The van der Waals surface area contributed by atoms with Crippen LogP contribution in [-0.2, 0) is 20.1 Å². The molecule has 1 aromatic carbocycles. The van der Waals surface area contributed by atoms with E-state index >= 15 is 0 Å². The number of fused-ring (bicyclic) bond motifs is 3. The molecular weight excluding hydrogens is 416 g/mol. The Morgan fingerprint density at radius 2 is 1.74 bits per heavy atom. The molecule has 0 aliphatic rings. The molecule has 0 fully saturated rings. The molecule has 3 heterocycles. The second-order valence-electron chi connectivity index (χ2n) is 7.76. The molecule has 164 valence electrons. The summed E-state index contributed by atoms with van der Waals surface area (Å²) in [5.74, 6) is 0.677. The third-order valence-electron chi connectivity index (χ3n) is 5.93. The Hall–Kier alpha value is -2.84. The molecule has 0 radical (unpaired) electrons. The second-order valence-corrected chi connectivity index (χ2v) is 8.20. The van der Waals surface area contributed by atoms with Gasteiger partial charge in [-0.25, -0.2) is 4.79 Å². The zero-order valence-electron chi connectivity index (χ0n) is 18.3. The molecule has 0 unspecified atom stereocenters. The first-order valence-electron chi connectivity index (χ1n) is 10.5. The van der Waals surface area contributed by atoms with Crippen molar-refractivity contribution >= 4 is 28.5 Å². The van der Waals surface area contributed by atoms with Gasteiger partial charge in [0.25, 0.3) is 5.56 Å². The Labute approximate surface area is 184 Å². The van der Waals surface area contributed by atoms with Crippen molar-refractivity contribution in [1.82, 2.24) is 28.0 Å². The molecule has 4 aromatic rings. The molecule has 0 atom stereocenters. The lowest BCUT2D eigenvalue weighted by Crippen LogP contribution is -2.39. The maximum absolute atomic E-state index is 13.4. The van der Waals surface area contributed by atoms with E-state index in [1.165, 1.54) is 9.13 Å². The normalized spacial score (nSPS) is 11.9. The molecular formula is C22H27ClN6O2. The Bertz CT molecular complexity index is 1360. The summed E-state index contributed by atoms with van der Waals surface area (Å²) < 4.78 is 6.62. The van der Waals surface area contributed by atoms with Gasteiger partial charge in [-0.3, -0.25) is 18.3 Å². The minimum absolute atomic E-state index is 0.174. The summed E-state index contributed by atoms with van der Waals surface area (Å²) in [4.78, 5) is 33.4. The molecule has 0 saturated carbocycles. The highest BCUT2D eigenvalue weighted by atomic mass is 35.5. The van der Waals surface area contributed by atoms with Crippen molar-refractivity contribution in [2.75, 3.05) is 19.6 Å². The van der Waals surface area contributed by atoms with Crippen molar-refractivity contribution in [3.05, 3.63) is 67.6 Å². The van der Waals surface area contributed by atoms with Crippen LogP contribution in [0.1, 0.15) is 25.1 Å². The van der Waals surface area contributed by atoms with Crippen molar-refractivity contribution < 1.29 is 0 Å². The molecule has 0 N–H and O–H groups in total. The molecule has 8 nitrogen and oxygen atoms in total. The van der Waals surface area contributed by atoms with E-state index in [9.17, 15) is 9.59 Å². The van der Waals surface area contributed by atoms with Crippen LogP contribution in [0.5, 0.6) is 0 Å². The monoisotopic (exact) mass is 442 g/mol. The van der Waals surface area contributed by atoms with Crippen LogP contribution in [0.15, 0.2) is 40.1 Å². The lowest BCUT2D eigenvalue weighted by molar-refractivity contribution is 0.291. The summed E-state index contributed by atoms with van der Waals surface area (Å²) in [5.41, 5.74) is 1.93. The van der Waals surface area contributed by atoms with Gasteiger partial charge in [-0.05, 0) is 37.7 Å². The molecule has 0 spiro atoms. The lowest BCUT2D eigenvalue weighted by Gasteiger charge is -2.18. The van der Waals surface area contributed by atoms with Crippen LogP contribution in [0.25, 0.3) is 16.9 Å². The third-order valence-corrected chi connectivity index (χ3v) is 6.18. The fourth-order valence-corrected chi connectivity index (χ4v) is 4.15. The van der Waals surface area contributed by atoms with Crippen molar-refractivity contribution in [1.29, 1.82) is 0 Å². The highest BCUT2D eigenvalue weighted by Gasteiger charge is 2.20. The molecule has 9 heteroatoms. The van der Waals surface area contributed by atoms with E-state index in [-0.39, 0.29) is 17.8 Å². The Kier molecular flexibility index (Phi) is 5.77. The number of benzene rings is 1. The van der Waals surface area contributed by atoms with Crippen LogP contribution >= 0.6 is 11.6 Å². The summed E-state index contributed by atoms with van der Waals surface area (Å²) in [6, 6.07) is 7.14. The van der Waals surface area contributed by atoms with Gasteiger partial charge in [-0.1, -0.05) is 37.6 Å². The van der Waals surface area contributed by atoms with Crippen LogP contribution in [0.2, 0.25) is 5.02 Å². The summed E-state index contributed by atoms with van der Waals surface area (Å²) in [7, 11) is 1.65. The molecule has 4 rings (SSSR count). The molecule has 31 heavy (non-hydrogen) atoms. The highest BCUT2D eigenvalue weighted by molar-refractivity contribution is 6.30. The highest BCUT2D eigenvalue weighted by Crippen LogP contribution is 2.17. The van der Waals surface area contributed by atoms with E-state index in [1.54, 1.807) is 19.2 Å². The van der Waals surface area contributed by atoms with E-state index < -0.39 is 0 Å². The fourth-order valence-electron chi connectivity index (χ4n) is 4.02. The largest absolute Gasteiger partial charge is 0.332 e. The zero-order chi connectivity index (χ0) is 22.3. The Morgan fingerprint density at radius 3 is 2.39 bits per heavy atom. The number of aromatic nitrogens is 5. The van der Waals surface area contributed by atoms with E-state index in [0.29, 0.717) is 22.0 Å². The number of nitrogens with zero attached hydrogens (tertiary/aromatic N) is 6. The molecule has 0 amide bonds. The van der Waals surface area contributed by atoms with E-state index in [4.69, 9.17) is 11.6 Å². The SMILES string of the molecule is CCN(CC)CCn1c(C)cn2c3c(=O)n(Cc4ccc(Cl)cc4)c(=O)n(C)c3nc12. The maximum Gasteiger partial charge on any atom is 0.332 e. The van der Waals surface area contributed by atoms with E-state index in [2.05, 4.69) is 28.3 Å². The number of hydrogen-bond donors (Lipinski definition) is 0. The van der Waals surface area contributed by atoms with Crippen LogP contribution in [0.3, 0.4) is 0 Å². The lowest BCUT2D eigenvalue weighted by atomic mass is 10.2. The summed E-state index contributed by atoms with van der Waals surface area (Å²) in [6.45, 7) is 10.1.